The van der Waals surface area contributed by atoms with Gasteiger partial charge in [-0.15, -0.1) is 0 Å². The van der Waals surface area contributed by atoms with Crippen LogP contribution in [0.4, 0.5) is 0 Å². The molecular weight excluding hydrogens is 230 g/mol. The van der Waals surface area contributed by atoms with Crippen LogP contribution in [0.1, 0.15) is 24.6 Å². The van der Waals surface area contributed by atoms with Gasteiger partial charge >= 0.3 is 5.97 Å². The smallest absolute Gasteiger partial charge is 0.330 e. The van der Waals surface area contributed by atoms with Crippen molar-refractivity contribution in [3.8, 4) is 0 Å². The third kappa shape index (κ3) is 2.70. The van der Waals surface area contributed by atoms with Crippen LogP contribution >= 0.6 is 0 Å². The quantitative estimate of drug-likeness (QED) is 0.597. The molecule has 2 rings (SSSR count). The summed E-state index contributed by atoms with van der Waals surface area (Å²) in [5.41, 5.74) is 2.35. The zero-order valence-electron chi connectivity index (χ0n) is 10.5. The van der Waals surface area contributed by atoms with Crippen molar-refractivity contribution in [2.75, 3.05) is 6.61 Å². The van der Waals surface area contributed by atoms with Crippen molar-refractivity contribution in [3.63, 3.8) is 0 Å². The molecule has 0 bridgehead atoms. The van der Waals surface area contributed by atoms with Crippen molar-refractivity contribution in [2.24, 2.45) is 0 Å². The third-order valence-electron chi connectivity index (χ3n) is 3.08. The predicted octanol–water partition coefficient (Wildman–Crippen LogP) is 1.46. The van der Waals surface area contributed by atoms with Crippen LogP contribution in [0.15, 0.2) is 29.1 Å². The molecule has 0 fully saturated rings. The zero-order valence-corrected chi connectivity index (χ0v) is 10.5. The van der Waals surface area contributed by atoms with Crippen molar-refractivity contribution in [1.29, 1.82) is 0 Å². The molecule has 0 spiro atoms. The van der Waals surface area contributed by atoms with Crippen molar-refractivity contribution >= 4 is 5.97 Å². The normalized spacial score (nSPS) is 13.8. The molecule has 0 radical (unpaired) electrons. The van der Waals surface area contributed by atoms with E-state index in [0.29, 0.717) is 13.2 Å². The van der Waals surface area contributed by atoms with E-state index in [1.165, 1.54) is 11.6 Å². The van der Waals surface area contributed by atoms with Crippen LogP contribution < -0.4 is 5.56 Å². The molecule has 1 heterocycles. The van der Waals surface area contributed by atoms with E-state index in [4.69, 9.17) is 4.74 Å². The van der Waals surface area contributed by atoms with Gasteiger partial charge in [0.25, 0.3) is 5.56 Å². The number of fused-ring (bicyclic) bond motifs is 1. The molecule has 4 nitrogen and oxygen atoms in total. The lowest BCUT2D eigenvalue weighted by Crippen LogP contribution is -2.22. The highest BCUT2D eigenvalue weighted by molar-refractivity contribution is 5.81. The molecule has 0 unspecified atom stereocenters. The second kappa shape index (κ2) is 5.67. The number of rotatable bonds is 4. The number of aromatic nitrogens is 1. The summed E-state index contributed by atoms with van der Waals surface area (Å²) in [5, 5.41) is 0. The topological polar surface area (TPSA) is 48.3 Å². The summed E-state index contributed by atoms with van der Waals surface area (Å²) in [7, 11) is 0. The van der Waals surface area contributed by atoms with Crippen LogP contribution in [0.2, 0.25) is 0 Å². The highest BCUT2D eigenvalue weighted by Gasteiger charge is 2.14. The van der Waals surface area contributed by atoms with Gasteiger partial charge in [0.1, 0.15) is 0 Å². The number of aryl methyl sites for hydroxylation is 1. The summed E-state index contributed by atoms with van der Waals surface area (Å²) in [4.78, 5) is 22.9. The minimum atomic E-state index is -0.363. The molecule has 0 saturated carbocycles. The molecule has 96 valence electrons. The fourth-order valence-electron chi connectivity index (χ4n) is 2.28. The van der Waals surface area contributed by atoms with E-state index in [2.05, 4.69) is 0 Å². The Bertz CT molecular complexity index is 528. The van der Waals surface area contributed by atoms with Gasteiger partial charge in [0.2, 0.25) is 0 Å². The van der Waals surface area contributed by atoms with E-state index < -0.39 is 0 Å². The number of carbonyl (C=O) groups is 1. The first-order chi connectivity index (χ1) is 8.72. The van der Waals surface area contributed by atoms with Gasteiger partial charge in [-0.3, -0.25) is 4.79 Å². The van der Waals surface area contributed by atoms with E-state index >= 15 is 0 Å². The molecule has 1 aromatic rings. The summed E-state index contributed by atoms with van der Waals surface area (Å²) in [6.07, 6.45) is 6.14. The van der Waals surface area contributed by atoms with Crippen molar-refractivity contribution < 1.29 is 9.53 Å². The molecule has 4 heteroatoms. The van der Waals surface area contributed by atoms with Crippen LogP contribution in [-0.2, 0) is 28.9 Å². The van der Waals surface area contributed by atoms with Gasteiger partial charge in [0, 0.05) is 24.4 Å². The van der Waals surface area contributed by atoms with Crippen LogP contribution in [0, 0.1) is 0 Å². The number of pyridine rings is 1. The minimum Gasteiger partial charge on any atom is -0.463 e. The number of hydrogen-bond acceptors (Lipinski definition) is 3. The van der Waals surface area contributed by atoms with Gasteiger partial charge in [-0.25, -0.2) is 4.79 Å². The Labute approximate surface area is 106 Å². The first-order valence-corrected chi connectivity index (χ1v) is 6.27. The molecule has 18 heavy (non-hydrogen) atoms. The number of hydrogen-bond donors (Lipinski definition) is 0. The molecule has 0 aliphatic heterocycles. The minimum absolute atomic E-state index is 0.0100. The van der Waals surface area contributed by atoms with E-state index in [0.717, 1.165) is 25.0 Å². The SMILES string of the molecule is CCOC(=O)/C=C/Cn1c2c(ccc1=O)CCC2. The van der Waals surface area contributed by atoms with Crippen LogP contribution in [0.3, 0.4) is 0 Å². The van der Waals surface area contributed by atoms with Gasteiger partial charge in [-0.1, -0.05) is 12.1 Å². The fraction of sp³-hybridized carbons (Fsp3) is 0.429. The maximum atomic E-state index is 11.8. The maximum absolute atomic E-state index is 11.8. The predicted molar refractivity (Wildman–Crippen MR) is 68.5 cm³/mol. The van der Waals surface area contributed by atoms with Crippen LogP contribution in [0.5, 0.6) is 0 Å². The Morgan fingerprint density at radius 3 is 3.06 bits per heavy atom. The summed E-state index contributed by atoms with van der Waals surface area (Å²) < 4.78 is 6.52. The highest BCUT2D eigenvalue weighted by Crippen LogP contribution is 2.19. The lowest BCUT2D eigenvalue weighted by Gasteiger charge is -2.09. The number of nitrogens with zero attached hydrogens (tertiary/aromatic N) is 1. The van der Waals surface area contributed by atoms with Crippen molar-refractivity contribution in [1.82, 2.24) is 4.57 Å². The van der Waals surface area contributed by atoms with Crippen molar-refractivity contribution in [3.05, 3.63) is 45.9 Å². The molecule has 0 N–H and O–H groups in total. The Hall–Kier alpha value is -1.84. The van der Waals surface area contributed by atoms with Gasteiger partial charge in [0.15, 0.2) is 0 Å². The molecule has 1 aromatic heterocycles. The Morgan fingerprint density at radius 2 is 2.28 bits per heavy atom. The van der Waals surface area contributed by atoms with E-state index in [1.807, 2.05) is 6.07 Å². The lowest BCUT2D eigenvalue weighted by molar-refractivity contribution is -0.137. The number of allylic oxidation sites excluding steroid dienone is 1. The average molecular weight is 247 g/mol. The van der Waals surface area contributed by atoms with Gasteiger partial charge in [-0.05, 0) is 31.7 Å². The highest BCUT2D eigenvalue weighted by atomic mass is 16.5. The Kier molecular flexibility index (Phi) is 3.97. The van der Waals surface area contributed by atoms with Gasteiger partial charge in [-0.2, -0.15) is 0 Å². The first-order valence-electron chi connectivity index (χ1n) is 6.27. The molecule has 0 atom stereocenters. The Balaban J connectivity index is 2.13. The maximum Gasteiger partial charge on any atom is 0.330 e. The number of esters is 1. The number of carbonyl (C=O) groups excluding carboxylic acids is 1. The van der Waals surface area contributed by atoms with Crippen LogP contribution in [0.25, 0.3) is 0 Å². The second-order valence-corrected chi connectivity index (χ2v) is 4.26. The molecule has 0 amide bonds. The zero-order chi connectivity index (χ0) is 13.0. The van der Waals surface area contributed by atoms with Crippen molar-refractivity contribution in [2.45, 2.75) is 32.7 Å². The third-order valence-corrected chi connectivity index (χ3v) is 3.08. The van der Waals surface area contributed by atoms with Crippen LogP contribution in [-0.4, -0.2) is 17.1 Å². The Morgan fingerprint density at radius 1 is 1.44 bits per heavy atom. The number of ether oxygens (including phenoxy) is 1. The summed E-state index contributed by atoms with van der Waals surface area (Å²) in [6, 6.07) is 3.51. The van der Waals surface area contributed by atoms with E-state index in [-0.39, 0.29) is 11.5 Å². The molecule has 1 aliphatic carbocycles. The lowest BCUT2D eigenvalue weighted by atomic mass is 10.2. The summed E-state index contributed by atoms with van der Waals surface area (Å²) >= 11 is 0. The molecular formula is C14H17NO3. The van der Waals surface area contributed by atoms with E-state index in [9.17, 15) is 9.59 Å². The van der Waals surface area contributed by atoms with Gasteiger partial charge in [0.05, 0.1) is 6.61 Å². The molecule has 0 saturated heterocycles. The van der Waals surface area contributed by atoms with Gasteiger partial charge < -0.3 is 9.30 Å². The molecule has 0 aromatic carbocycles. The average Bonchev–Trinajstić information content (AvgIpc) is 2.80. The summed E-state index contributed by atoms with van der Waals surface area (Å²) in [5.74, 6) is -0.363. The summed E-state index contributed by atoms with van der Waals surface area (Å²) in [6.45, 7) is 2.56. The standard InChI is InChI=1S/C14H17NO3/c1-2-18-14(17)7-4-10-15-12-6-3-5-11(12)8-9-13(15)16/h4,7-9H,2-3,5-6,10H2,1H3/b7-4+. The van der Waals surface area contributed by atoms with E-state index in [1.54, 1.807) is 23.6 Å². The monoisotopic (exact) mass is 247 g/mol. The largest absolute Gasteiger partial charge is 0.463 e. The second-order valence-electron chi connectivity index (χ2n) is 4.26. The fourth-order valence-corrected chi connectivity index (χ4v) is 2.28. The first kappa shape index (κ1) is 12.6. The molecule has 1 aliphatic rings.